The van der Waals surface area contributed by atoms with Crippen molar-refractivity contribution in [1.82, 2.24) is 4.98 Å². The molecule has 1 aromatic heterocycles. The number of nitrogens with zero attached hydrogens (tertiary/aromatic N) is 1. The van der Waals surface area contributed by atoms with Crippen molar-refractivity contribution >= 4 is 27.8 Å². The summed E-state index contributed by atoms with van der Waals surface area (Å²) in [6.07, 6.45) is 2.89. The SMILES string of the molecule is CCCCc1ccc(-c2c3ccccc3nc3cccc(C(OC(C)=O)c4ccc(C(C)(C)C)cc4)c23)cc1. The minimum Gasteiger partial charge on any atom is -0.453 e. The Morgan fingerprint density at radius 1 is 0.846 bits per heavy atom. The number of aromatic nitrogens is 1. The van der Waals surface area contributed by atoms with Crippen LogP contribution in [-0.4, -0.2) is 11.0 Å². The zero-order chi connectivity index (χ0) is 27.6. The van der Waals surface area contributed by atoms with Crippen molar-refractivity contribution in [2.45, 2.75) is 65.4 Å². The van der Waals surface area contributed by atoms with Gasteiger partial charge in [-0.2, -0.15) is 0 Å². The van der Waals surface area contributed by atoms with E-state index in [1.165, 1.54) is 30.9 Å². The average Bonchev–Trinajstić information content (AvgIpc) is 2.93. The third-order valence-corrected chi connectivity index (χ3v) is 7.45. The number of rotatable bonds is 7. The Balaban J connectivity index is 1.76. The molecule has 1 heterocycles. The predicted octanol–water partition coefficient (Wildman–Crippen LogP) is 9.35. The summed E-state index contributed by atoms with van der Waals surface area (Å²) in [6, 6.07) is 31.8. The molecule has 0 fully saturated rings. The van der Waals surface area contributed by atoms with Gasteiger partial charge in [-0.05, 0) is 52.6 Å². The fraction of sp³-hybridized carbons (Fsp3) is 0.278. The molecular weight excluding hydrogens is 478 g/mol. The number of pyridine rings is 1. The van der Waals surface area contributed by atoms with Crippen LogP contribution in [0.4, 0.5) is 0 Å². The molecule has 0 aliphatic rings. The van der Waals surface area contributed by atoms with E-state index in [0.717, 1.165) is 50.5 Å². The number of para-hydroxylation sites is 1. The molecule has 0 aliphatic carbocycles. The summed E-state index contributed by atoms with van der Waals surface area (Å²) in [7, 11) is 0. The lowest BCUT2D eigenvalue weighted by Crippen LogP contribution is -2.13. The zero-order valence-electron chi connectivity index (χ0n) is 23.6. The van der Waals surface area contributed by atoms with Crippen LogP contribution in [0.15, 0.2) is 91.0 Å². The second-order valence-corrected chi connectivity index (χ2v) is 11.4. The number of hydrogen-bond acceptors (Lipinski definition) is 3. The van der Waals surface area contributed by atoms with Crippen LogP contribution in [0.5, 0.6) is 0 Å². The molecule has 5 aromatic rings. The maximum Gasteiger partial charge on any atom is 0.303 e. The number of esters is 1. The van der Waals surface area contributed by atoms with Crippen molar-refractivity contribution in [2.75, 3.05) is 0 Å². The highest BCUT2D eigenvalue weighted by Gasteiger charge is 2.24. The van der Waals surface area contributed by atoms with Crippen molar-refractivity contribution in [3.05, 3.63) is 113 Å². The quantitative estimate of drug-likeness (QED) is 0.160. The molecular formula is C36H37NO2. The van der Waals surface area contributed by atoms with Crippen LogP contribution in [0, 0.1) is 0 Å². The first-order valence-electron chi connectivity index (χ1n) is 13.9. The molecule has 0 spiro atoms. The van der Waals surface area contributed by atoms with E-state index in [0.29, 0.717) is 0 Å². The van der Waals surface area contributed by atoms with Crippen LogP contribution >= 0.6 is 0 Å². The highest BCUT2D eigenvalue weighted by molar-refractivity contribution is 6.11. The number of unbranched alkanes of at least 4 members (excludes halogenated alkanes) is 1. The monoisotopic (exact) mass is 515 g/mol. The van der Waals surface area contributed by atoms with Crippen LogP contribution in [0.25, 0.3) is 32.9 Å². The van der Waals surface area contributed by atoms with Gasteiger partial charge in [0.25, 0.3) is 0 Å². The lowest BCUT2D eigenvalue weighted by atomic mass is 9.85. The molecule has 198 valence electrons. The van der Waals surface area contributed by atoms with E-state index in [1.54, 1.807) is 0 Å². The smallest absolute Gasteiger partial charge is 0.303 e. The summed E-state index contributed by atoms with van der Waals surface area (Å²) >= 11 is 0. The highest BCUT2D eigenvalue weighted by atomic mass is 16.5. The lowest BCUT2D eigenvalue weighted by molar-refractivity contribution is -0.144. The number of benzene rings is 4. The first-order valence-corrected chi connectivity index (χ1v) is 13.9. The largest absolute Gasteiger partial charge is 0.453 e. The summed E-state index contributed by atoms with van der Waals surface area (Å²) in [6.45, 7) is 10.3. The topological polar surface area (TPSA) is 39.2 Å². The molecule has 0 radical (unpaired) electrons. The van der Waals surface area contributed by atoms with Crippen molar-refractivity contribution in [3.8, 4) is 11.1 Å². The first kappa shape index (κ1) is 26.6. The molecule has 1 unspecified atom stereocenters. The van der Waals surface area contributed by atoms with Crippen LogP contribution in [-0.2, 0) is 21.4 Å². The first-order chi connectivity index (χ1) is 18.8. The Kier molecular flexibility index (Phi) is 7.52. The molecule has 3 nitrogen and oxygen atoms in total. The summed E-state index contributed by atoms with van der Waals surface area (Å²) in [4.78, 5) is 17.5. The summed E-state index contributed by atoms with van der Waals surface area (Å²) < 4.78 is 6.06. The van der Waals surface area contributed by atoms with Crippen molar-refractivity contribution < 1.29 is 9.53 Å². The van der Waals surface area contributed by atoms with Gasteiger partial charge in [-0.3, -0.25) is 4.79 Å². The minimum absolute atomic E-state index is 0.0359. The number of carbonyl (C=O) groups is 1. The fourth-order valence-electron chi connectivity index (χ4n) is 5.34. The van der Waals surface area contributed by atoms with Gasteiger partial charge in [0.05, 0.1) is 11.0 Å². The van der Waals surface area contributed by atoms with Gasteiger partial charge in [-0.25, -0.2) is 4.98 Å². The van der Waals surface area contributed by atoms with Gasteiger partial charge in [-0.1, -0.05) is 113 Å². The van der Waals surface area contributed by atoms with Gasteiger partial charge in [0.15, 0.2) is 6.10 Å². The van der Waals surface area contributed by atoms with Crippen LogP contribution in [0.2, 0.25) is 0 Å². The average molecular weight is 516 g/mol. The molecule has 3 heteroatoms. The summed E-state index contributed by atoms with van der Waals surface area (Å²) in [5.74, 6) is -0.313. The van der Waals surface area contributed by atoms with Crippen molar-refractivity contribution in [2.24, 2.45) is 0 Å². The highest BCUT2D eigenvalue weighted by Crippen LogP contribution is 2.41. The minimum atomic E-state index is -0.550. The van der Waals surface area contributed by atoms with Gasteiger partial charge in [0, 0.05) is 28.8 Å². The number of carbonyl (C=O) groups excluding carboxylic acids is 1. The Bertz CT molecular complexity index is 1610. The second kappa shape index (κ2) is 11.0. The van der Waals surface area contributed by atoms with Gasteiger partial charge in [0.2, 0.25) is 0 Å². The van der Waals surface area contributed by atoms with E-state index >= 15 is 0 Å². The molecule has 0 N–H and O–H groups in total. The van der Waals surface area contributed by atoms with Gasteiger partial charge in [0.1, 0.15) is 0 Å². The van der Waals surface area contributed by atoms with Crippen LogP contribution in [0.1, 0.15) is 75.8 Å². The third kappa shape index (κ3) is 5.59. The molecule has 0 aliphatic heterocycles. The lowest BCUT2D eigenvalue weighted by Gasteiger charge is -2.24. The fourth-order valence-corrected chi connectivity index (χ4v) is 5.34. The van der Waals surface area contributed by atoms with E-state index < -0.39 is 6.10 Å². The molecule has 4 aromatic carbocycles. The normalized spacial score (nSPS) is 12.5. The third-order valence-electron chi connectivity index (χ3n) is 7.45. The standard InChI is InChI=1S/C36H37NO2/c1-6-7-11-25-16-18-26(19-17-25)33-29-12-8-9-14-31(29)37-32-15-10-13-30(34(32)33)35(39-24(2)38)27-20-22-28(23-21-27)36(3,4)5/h8-10,12-23,35H,6-7,11H2,1-5H3. The Hall–Kier alpha value is -3.98. The number of aryl methyl sites for hydroxylation is 1. The molecule has 5 rings (SSSR count). The van der Waals surface area contributed by atoms with Gasteiger partial charge >= 0.3 is 5.97 Å². The number of hydrogen-bond donors (Lipinski definition) is 0. The molecule has 0 saturated carbocycles. The van der Waals surface area contributed by atoms with Gasteiger partial charge in [-0.15, -0.1) is 0 Å². The van der Waals surface area contributed by atoms with Crippen molar-refractivity contribution in [3.63, 3.8) is 0 Å². The maximum atomic E-state index is 12.4. The van der Waals surface area contributed by atoms with E-state index in [1.807, 2.05) is 12.1 Å². The van der Waals surface area contributed by atoms with E-state index in [9.17, 15) is 4.79 Å². The zero-order valence-corrected chi connectivity index (χ0v) is 23.6. The van der Waals surface area contributed by atoms with Gasteiger partial charge < -0.3 is 4.74 Å². The Morgan fingerprint density at radius 2 is 1.54 bits per heavy atom. The van der Waals surface area contributed by atoms with Crippen molar-refractivity contribution in [1.29, 1.82) is 0 Å². The molecule has 0 amide bonds. The predicted molar refractivity (Wildman–Crippen MR) is 162 cm³/mol. The molecule has 0 bridgehead atoms. The molecule has 0 saturated heterocycles. The van der Waals surface area contributed by atoms with E-state index in [-0.39, 0.29) is 11.4 Å². The number of fused-ring (bicyclic) bond motifs is 2. The molecule has 1 atom stereocenters. The Morgan fingerprint density at radius 3 is 2.21 bits per heavy atom. The molecule has 39 heavy (non-hydrogen) atoms. The number of ether oxygens (including phenoxy) is 1. The summed E-state index contributed by atoms with van der Waals surface area (Å²) in [5.41, 5.74) is 8.60. The Labute approximate surface area is 231 Å². The second-order valence-electron chi connectivity index (χ2n) is 11.4. The van der Waals surface area contributed by atoms with E-state index in [2.05, 4.69) is 107 Å². The maximum absolute atomic E-state index is 12.4. The van der Waals surface area contributed by atoms with Crippen LogP contribution in [0.3, 0.4) is 0 Å². The van der Waals surface area contributed by atoms with E-state index in [4.69, 9.17) is 9.72 Å². The summed E-state index contributed by atoms with van der Waals surface area (Å²) in [5, 5.41) is 2.10. The van der Waals surface area contributed by atoms with Crippen LogP contribution < -0.4 is 0 Å².